The van der Waals surface area contributed by atoms with Crippen molar-refractivity contribution < 1.29 is 9.47 Å². The van der Waals surface area contributed by atoms with E-state index < -0.39 is 0 Å². The molecule has 0 bridgehead atoms. The van der Waals surface area contributed by atoms with Crippen LogP contribution in [0.5, 0.6) is 0 Å². The lowest BCUT2D eigenvalue weighted by Crippen LogP contribution is -2.30. The number of ether oxygens (including phenoxy) is 2. The molecule has 0 amide bonds. The Bertz CT molecular complexity index is 365. The van der Waals surface area contributed by atoms with Gasteiger partial charge in [0.1, 0.15) is 0 Å². The highest BCUT2D eigenvalue weighted by atomic mass is 16.5. The molecule has 1 aliphatic heterocycles. The molecule has 3 heteroatoms. The van der Waals surface area contributed by atoms with Gasteiger partial charge >= 0.3 is 0 Å². The molecular weight excluding hydrogens is 226 g/mol. The van der Waals surface area contributed by atoms with Crippen molar-refractivity contribution in [3.63, 3.8) is 0 Å². The Hall–Kier alpha value is -0.900. The highest BCUT2D eigenvalue weighted by Gasteiger charge is 2.26. The van der Waals surface area contributed by atoms with Gasteiger partial charge in [-0.15, -0.1) is 0 Å². The van der Waals surface area contributed by atoms with Gasteiger partial charge in [0.25, 0.3) is 0 Å². The summed E-state index contributed by atoms with van der Waals surface area (Å²) in [4.78, 5) is 0. The summed E-state index contributed by atoms with van der Waals surface area (Å²) >= 11 is 0. The predicted molar refractivity (Wildman–Crippen MR) is 72.5 cm³/mol. The maximum absolute atomic E-state index is 5.98. The second kappa shape index (κ2) is 6.88. The molecule has 1 heterocycles. The van der Waals surface area contributed by atoms with Crippen LogP contribution in [-0.4, -0.2) is 27.3 Å². The second-order valence-corrected chi connectivity index (χ2v) is 4.93. The van der Waals surface area contributed by atoms with Gasteiger partial charge in [-0.25, -0.2) is 0 Å². The minimum absolute atomic E-state index is 0.225. The van der Waals surface area contributed by atoms with E-state index in [2.05, 4.69) is 29.6 Å². The monoisotopic (exact) mass is 249 g/mol. The largest absolute Gasteiger partial charge is 0.380 e. The van der Waals surface area contributed by atoms with Gasteiger partial charge in [-0.2, -0.15) is 0 Å². The molecule has 0 radical (unpaired) electrons. The molecule has 0 spiro atoms. The summed E-state index contributed by atoms with van der Waals surface area (Å²) in [5.41, 5.74) is 2.50. The minimum atomic E-state index is 0.225. The van der Waals surface area contributed by atoms with E-state index in [1.54, 1.807) is 7.11 Å². The fourth-order valence-corrected chi connectivity index (χ4v) is 2.71. The van der Waals surface area contributed by atoms with Gasteiger partial charge in [0.2, 0.25) is 0 Å². The SMILES string of the molecule is CNCC1CCCOC1c1cccc(COC)c1. The summed E-state index contributed by atoms with van der Waals surface area (Å²) in [6.45, 7) is 2.55. The van der Waals surface area contributed by atoms with Gasteiger partial charge in [0.05, 0.1) is 12.7 Å². The first-order valence-electron chi connectivity index (χ1n) is 6.69. The van der Waals surface area contributed by atoms with Crippen molar-refractivity contribution in [3.05, 3.63) is 35.4 Å². The zero-order valence-electron chi connectivity index (χ0n) is 11.3. The first-order valence-corrected chi connectivity index (χ1v) is 6.69. The molecule has 0 aliphatic carbocycles. The van der Waals surface area contributed by atoms with Crippen LogP contribution in [0.4, 0.5) is 0 Å². The van der Waals surface area contributed by atoms with Gasteiger partial charge in [0, 0.05) is 26.2 Å². The van der Waals surface area contributed by atoms with Crippen molar-refractivity contribution in [2.24, 2.45) is 5.92 Å². The van der Waals surface area contributed by atoms with Crippen molar-refractivity contribution in [1.82, 2.24) is 5.32 Å². The highest BCUT2D eigenvalue weighted by Crippen LogP contribution is 2.33. The molecule has 0 saturated carbocycles. The average Bonchev–Trinajstić information content (AvgIpc) is 2.40. The summed E-state index contributed by atoms with van der Waals surface area (Å²) in [7, 11) is 3.74. The van der Waals surface area contributed by atoms with Gasteiger partial charge in [-0.05, 0) is 31.0 Å². The first kappa shape index (κ1) is 13.5. The molecule has 1 fully saturated rings. The fraction of sp³-hybridized carbons (Fsp3) is 0.600. The molecule has 0 aromatic heterocycles. The van der Waals surface area contributed by atoms with E-state index in [-0.39, 0.29) is 6.10 Å². The Balaban J connectivity index is 2.14. The molecule has 1 aromatic carbocycles. The standard InChI is InChI=1S/C15H23NO2/c1-16-10-14-7-4-8-18-15(14)13-6-3-5-12(9-13)11-17-2/h3,5-6,9,14-16H,4,7-8,10-11H2,1-2H3. The molecule has 3 nitrogen and oxygen atoms in total. The van der Waals surface area contributed by atoms with Gasteiger partial charge in [0.15, 0.2) is 0 Å². The number of methoxy groups -OCH3 is 1. The van der Waals surface area contributed by atoms with Gasteiger partial charge < -0.3 is 14.8 Å². The minimum Gasteiger partial charge on any atom is -0.380 e. The first-order chi connectivity index (χ1) is 8.85. The zero-order chi connectivity index (χ0) is 12.8. The molecule has 18 heavy (non-hydrogen) atoms. The van der Waals surface area contributed by atoms with Gasteiger partial charge in [-0.3, -0.25) is 0 Å². The molecule has 100 valence electrons. The van der Waals surface area contributed by atoms with Crippen LogP contribution >= 0.6 is 0 Å². The van der Waals surface area contributed by atoms with Crippen LogP contribution < -0.4 is 5.32 Å². The predicted octanol–water partition coefficient (Wildman–Crippen LogP) is 2.52. The third-order valence-corrected chi connectivity index (χ3v) is 3.50. The van der Waals surface area contributed by atoms with E-state index in [1.807, 2.05) is 7.05 Å². The quantitative estimate of drug-likeness (QED) is 0.870. The third kappa shape index (κ3) is 3.31. The van der Waals surface area contributed by atoms with Crippen LogP contribution in [0, 0.1) is 5.92 Å². The molecule has 2 rings (SSSR count). The second-order valence-electron chi connectivity index (χ2n) is 4.93. The highest BCUT2D eigenvalue weighted by molar-refractivity contribution is 5.25. The average molecular weight is 249 g/mol. The number of benzene rings is 1. The Morgan fingerprint density at radius 1 is 1.44 bits per heavy atom. The topological polar surface area (TPSA) is 30.5 Å². The fourth-order valence-electron chi connectivity index (χ4n) is 2.71. The van der Waals surface area contributed by atoms with Crippen molar-refractivity contribution in [2.45, 2.75) is 25.6 Å². The maximum Gasteiger partial charge on any atom is 0.0865 e. The van der Waals surface area contributed by atoms with Crippen molar-refractivity contribution >= 4 is 0 Å². The summed E-state index contributed by atoms with van der Waals surface area (Å²) in [6, 6.07) is 8.57. The Kier molecular flexibility index (Phi) is 5.17. The molecule has 1 saturated heterocycles. The smallest absolute Gasteiger partial charge is 0.0865 e. The normalized spacial score (nSPS) is 24.1. The molecular formula is C15H23NO2. The number of hydrogen-bond acceptors (Lipinski definition) is 3. The number of nitrogens with one attached hydrogen (secondary N) is 1. The lowest BCUT2D eigenvalue weighted by molar-refractivity contribution is -0.0273. The van der Waals surface area contributed by atoms with Crippen LogP contribution in [0.25, 0.3) is 0 Å². The van der Waals surface area contributed by atoms with E-state index >= 15 is 0 Å². The molecule has 2 unspecified atom stereocenters. The lowest BCUT2D eigenvalue weighted by atomic mass is 9.89. The third-order valence-electron chi connectivity index (χ3n) is 3.50. The zero-order valence-corrected chi connectivity index (χ0v) is 11.3. The Morgan fingerprint density at radius 2 is 2.33 bits per heavy atom. The summed E-state index contributed by atoms with van der Waals surface area (Å²) in [6.07, 6.45) is 2.63. The molecule has 1 aliphatic rings. The van der Waals surface area contributed by atoms with E-state index in [0.29, 0.717) is 12.5 Å². The number of rotatable bonds is 5. The number of hydrogen-bond donors (Lipinski definition) is 1. The van der Waals surface area contributed by atoms with Crippen LogP contribution in [-0.2, 0) is 16.1 Å². The molecule has 2 atom stereocenters. The summed E-state index contributed by atoms with van der Waals surface area (Å²) in [5, 5.41) is 3.27. The summed E-state index contributed by atoms with van der Waals surface area (Å²) in [5.74, 6) is 0.571. The van der Waals surface area contributed by atoms with Crippen LogP contribution in [0.1, 0.15) is 30.1 Å². The van der Waals surface area contributed by atoms with E-state index in [1.165, 1.54) is 24.0 Å². The molecule has 1 aromatic rings. The van der Waals surface area contributed by atoms with E-state index in [0.717, 1.165) is 13.2 Å². The Morgan fingerprint density at radius 3 is 3.11 bits per heavy atom. The summed E-state index contributed by atoms with van der Waals surface area (Å²) < 4.78 is 11.2. The van der Waals surface area contributed by atoms with Crippen LogP contribution in [0.2, 0.25) is 0 Å². The Labute approximate surface area is 109 Å². The van der Waals surface area contributed by atoms with Crippen molar-refractivity contribution in [3.8, 4) is 0 Å². The van der Waals surface area contributed by atoms with Crippen molar-refractivity contribution in [2.75, 3.05) is 27.3 Å². The molecule has 1 N–H and O–H groups in total. The van der Waals surface area contributed by atoms with Gasteiger partial charge in [-0.1, -0.05) is 24.3 Å². The van der Waals surface area contributed by atoms with E-state index in [9.17, 15) is 0 Å². The maximum atomic E-state index is 5.98. The van der Waals surface area contributed by atoms with E-state index in [4.69, 9.17) is 9.47 Å². The van der Waals surface area contributed by atoms with Crippen LogP contribution in [0.15, 0.2) is 24.3 Å². The lowest BCUT2D eigenvalue weighted by Gasteiger charge is -2.32. The van der Waals surface area contributed by atoms with Crippen molar-refractivity contribution in [1.29, 1.82) is 0 Å². The van der Waals surface area contributed by atoms with Crippen LogP contribution in [0.3, 0.4) is 0 Å².